The highest BCUT2D eigenvalue weighted by atomic mass is 16.6. The lowest BCUT2D eigenvalue weighted by atomic mass is 10.1. The SMILES string of the molecule is O=C(O)COc1ccc(/C=C/c2ccc([N+](=O)[O-])cc2)cc1. The summed E-state index contributed by atoms with van der Waals surface area (Å²) in [5.41, 5.74) is 1.80. The van der Waals surface area contributed by atoms with Crippen LogP contribution in [0.3, 0.4) is 0 Å². The standard InChI is InChI=1S/C16H13NO5/c18-16(19)11-22-15-9-5-13(6-10-15)2-1-12-3-7-14(8-4-12)17(20)21/h1-10H,11H2,(H,18,19)/b2-1+. The van der Waals surface area contributed by atoms with Crippen LogP contribution >= 0.6 is 0 Å². The molecule has 1 N–H and O–H groups in total. The van der Waals surface area contributed by atoms with E-state index in [1.807, 2.05) is 12.2 Å². The number of nitro groups is 1. The number of benzene rings is 2. The first-order chi connectivity index (χ1) is 10.5. The average molecular weight is 299 g/mol. The Labute approximate surface area is 126 Å². The zero-order valence-electron chi connectivity index (χ0n) is 11.5. The van der Waals surface area contributed by atoms with Crippen LogP contribution in [0.15, 0.2) is 48.5 Å². The Balaban J connectivity index is 2.00. The van der Waals surface area contributed by atoms with Crippen molar-refractivity contribution in [3.05, 3.63) is 69.8 Å². The summed E-state index contributed by atoms with van der Waals surface area (Å²) in [5, 5.41) is 19.1. The fraction of sp³-hybridized carbons (Fsp3) is 0.0625. The van der Waals surface area contributed by atoms with Crippen molar-refractivity contribution in [1.29, 1.82) is 0 Å². The minimum absolute atomic E-state index is 0.0529. The van der Waals surface area contributed by atoms with Gasteiger partial charge in [-0.15, -0.1) is 0 Å². The van der Waals surface area contributed by atoms with E-state index >= 15 is 0 Å². The fourth-order valence-electron chi connectivity index (χ4n) is 1.72. The fourth-order valence-corrected chi connectivity index (χ4v) is 1.72. The summed E-state index contributed by atoms with van der Waals surface area (Å²) in [4.78, 5) is 20.5. The quantitative estimate of drug-likeness (QED) is 0.502. The number of hydrogen-bond acceptors (Lipinski definition) is 4. The van der Waals surface area contributed by atoms with E-state index in [0.717, 1.165) is 11.1 Å². The smallest absolute Gasteiger partial charge is 0.341 e. The largest absolute Gasteiger partial charge is 0.482 e. The first kappa shape index (κ1) is 15.2. The zero-order valence-corrected chi connectivity index (χ0v) is 11.5. The number of carboxylic acid groups (broad SMARTS) is 1. The van der Waals surface area contributed by atoms with Crippen LogP contribution in [-0.4, -0.2) is 22.6 Å². The normalized spacial score (nSPS) is 10.5. The summed E-state index contributed by atoms with van der Waals surface area (Å²) in [6.45, 7) is -0.377. The van der Waals surface area contributed by atoms with Gasteiger partial charge < -0.3 is 9.84 Å². The van der Waals surface area contributed by atoms with Crippen molar-refractivity contribution in [2.24, 2.45) is 0 Å². The maximum atomic E-state index is 10.6. The zero-order chi connectivity index (χ0) is 15.9. The van der Waals surface area contributed by atoms with Crippen LogP contribution in [0.5, 0.6) is 5.75 Å². The van der Waals surface area contributed by atoms with Crippen molar-refractivity contribution >= 4 is 23.8 Å². The summed E-state index contributed by atoms with van der Waals surface area (Å²) in [6.07, 6.45) is 3.68. The van der Waals surface area contributed by atoms with Gasteiger partial charge in [-0.1, -0.05) is 24.3 Å². The highest BCUT2D eigenvalue weighted by molar-refractivity contribution is 5.70. The number of ether oxygens (including phenoxy) is 1. The molecule has 22 heavy (non-hydrogen) atoms. The molecule has 0 aliphatic heterocycles. The van der Waals surface area contributed by atoms with E-state index in [1.165, 1.54) is 12.1 Å². The van der Waals surface area contributed by atoms with Crippen LogP contribution in [0.25, 0.3) is 12.2 Å². The van der Waals surface area contributed by atoms with Crippen molar-refractivity contribution < 1.29 is 19.6 Å². The maximum absolute atomic E-state index is 10.6. The van der Waals surface area contributed by atoms with Gasteiger partial charge >= 0.3 is 5.97 Å². The molecule has 2 rings (SSSR count). The number of rotatable bonds is 6. The predicted molar refractivity (Wildman–Crippen MR) is 81.6 cm³/mol. The molecule has 112 valence electrons. The predicted octanol–water partition coefficient (Wildman–Crippen LogP) is 3.23. The second-order valence-electron chi connectivity index (χ2n) is 4.43. The van der Waals surface area contributed by atoms with Crippen molar-refractivity contribution in [2.75, 3.05) is 6.61 Å². The molecule has 2 aromatic rings. The van der Waals surface area contributed by atoms with Gasteiger partial charge in [0.1, 0.15) is 5.75 Å². The number of non-ortho nitro benzene ring substituents is 1. The number of nitro benzene ring substituents is 1. The van der Waals surface area contributed by atoms with Crippen LogP contribution in [-0.2, 0) is 4.79 Å². The summed E-state index contributed by atoms with van der Waals surface area (Å²) in [6, 6.07) is 13.2. The van der Waals surface area contributed by atoms with Crippen LogP contribution in [0, 0.1) is 10.1 Å². The van der Waals surface area contributed by atoms with Crippen LogP contribution in [0.4, 0.5) is 5.69 Å². The highest BCUT2D eigenvalue weighted by Gasteiger charge is 2.02. The topological polar surface area (TPSA) is 89.7 Å². The molecule has 6 nitrogen and oxygen atoms in total. The van der Waals surface area contributed by atoms with E-state index in [-0.39, 0.29) is 12.3 Å². The molecule has 0 atom stereocenters. The molecule has 0 unspecified atom stereocenters. The molecule has 0 fully saturated rings. The summed E-state index contributed by atoms with van der Waals surface area (Å²) in [5.74, 6) is -0.544. The molecule has 0 aliphatic rings. The van der Waals surface area contributed by atoms with Crippen molar-refractivity contribution in [3.63, 3.8) is 0 Å². The van der Waals surface area contributed by atoms with Gasteiger partial charge in [-0.3, -0.25) is 10.1 Å². The second kappa shape index (κ2) is 7.03. The third kappa shape index (κ3) is 4.45. The Bertz CT molecular complexity index is 689. The molecular formula is C16H13NO5. The Morgan fingerprint density at radius 3 is 2.00 bits per heavy atom. The number of carbonyl (C=O) groups is 1. The summed E-state index contributed by atoms with van der Waals surface area (Å²) >= 11 is 0. The van der Waals surface area contributed by atoms with E-state index < -0.39 is 10.9 Å². The van der Waals surface area contributed by atoms with Crippen molar-refractivity contribution in [2.45, 2.75) is 0 Å². The number of hydrogen-bond donors (Lipinski definition) is 1. The van der Waals surface area contributed by atoms with Crippen LogP contribution in [0.2, 0.25) is 0 Å². The average Bonchev–Trinajstić information content (AvgIpc) is 2.52. The lowest BCUT2D eigenvalue weighted by Crippen LogP contribution is -2.09. The van der Waals surface area contributed by atoms with Gasteiger partial charge in [-0.25, -0.2) is 4.79 Å². The lowest BCUT2D eigenvalue weighted by molar-refractivity contribution is -0.384. The molecule has 0 radical (unpaired) electrons. The second-order valence-corrected chi connectivity index (χ2v) is 4.43. The van der Waals surface area contributed by atoms with E-state index in [1.54, 1.807) is 36.4 Å². The lowest BCUT2D eigenvalue weighted by Gasteiger charge is -2.02. The minimum Gasteiger partial charge on any atom is -0.482 e. The molecule has 0 saturated heterocycles. The van der Waals surface area contributed by atoms with Gasteiger partial charge in [-0.05, 0) is 35.4 Å². The van der Waals surface area contributed by atoms with Gasteiger partial charge in [0.2, 0.25) is 0 Å². The molecule has 6 heteroatoms. The number of aliphatic carboxylic acids is 1. The first-order valence-electron chi connectivity index (χ1n) is 6.42. The molecule has 2 aromatic carbocycles. The van der Waals surface area contributed by atoms with Crippen LogP contribution < -0.4 is 4.74 Å². The highest BCUT2D eigenvalue weighted by Crippen LogP contribution is 2.16. The Morgan fingerprint density at radius 2 is 1.55 bits per heavy atom. The number of nitrogens with zero attached hydrogens (tertiary/aromatic N) is 1. The van der Waals surface area contributed by atoms with E-state index in [0.29, 0.717) is 5.75 Å². The molecule has 0 amide bonds. The van der Waals surface area contributed by atoms with Crippen molar-refractivity contribution in [1.82, 2.24) is 0 Å². The van der Waals surface area contributed by atoms with Gasteiger partial charge in [0.25, 0.3) is 5.69 Å². The Hall–Kier alpha value is -3.15. The molecule has 0 aromatic heterocycles. The Kier molecular flexibility index (Phi) is 4.87. The number of carboxylic acids is 1. The van der Waals surface area contributed by atoms with Gasteiger partial charge in [0.15, 0.2) is 6.61 Å². The summed E-state index contributed by atoms with van der Waals surface area (Å²) in [7, 11) is 0. The van der Waals surface area contributed by atoms with E-state index in [2.05, 4.69) is 0 Å². The molecule has 0 bridgehead atoms. The van der Waals surface area contributed by atoms with Gasteiger partial charge in [0, 0.05) is 12.1 Å². The third-order valence-electron chi connectivity index (χ3n) is 2.81. The van der Waals surface area contributed by atoms with E-state index in [4.69, 9.17) is 9.84 Å². The monoisotopic (exact) mass is 299 g/mol. The third-order valence-corrected chi connectivity index (χ3v) is 2.81. The van der Waals surface area contributed by atoms with Crippen molar-refractivity contribution in [3.8, 4) is 5.75 Å². The molecular weight excluding hydrogens is 286 g/mol. The molecule has 0 saturated carbocycles. The van der Waals surface area contributed by atoms with E-state index in [9.17, 15) is 14.9 Å². The van der Waals surface area contributed by atoms with Crippen LogP contribution in [0.1, 0.15) is 11.1 Å². The Morgan fingerprint density at radius 1 is 1.05 bits per heavy atom. The summed E-state index contributed by atoms with van der Waals surface area (Å²) < 4.78 is 5.03. The van der Waals surface area contributed by atoms with Gasteiger partial charge in [-0.2, -0.15) is 0 Å². The molecule has 0 heterocycles. The molecule has 0 spiro atoms. The first-order valence-corrected chi connectivity index (χ1v) is 6.42. The minimum atomic E-state index is -1.03. The van der Waals surface area contributed by atoms with Gasteiger partial charge in [0.05, 0.1) is 4.92 Å². The molecule has 0 aliphatic carbocycles. The maximum Gasteiger partial charge on any atom is 0.341 e.